The van der Waals surface area contributed by atoms with Gasteiger partial charge in [0.25, 0.3) is 0 Å². The Kier molecular flexibility index (Phi) is 10.7. The van der Waals surface area contributed by atoms with Crippen LogP contribution in [-0.2, 0) is 13.1 Å². The van der Waals surface area contributed by atoms with E-state index in [4.69, 9.17) is 0 Å². The standard InChI is InChI=1S/C46H60N6O2/c53-45(49-35-16-12-31(13-17-35)24-26-51-41-20-21-42(51)38-9-2-1-8-37(38)41)47-29-33-6-5-7-34(28-33)30-48-46(54)50-36-18-14-32(15-19-36)25-27-52-43-22-23-44(52)40-11-4-3-10-39(40)43/h1-11,28,31-32,35-36,41-44H,12-27,29-30H2,(H2,47,49,53)(H2,48,50,54). The number of hydrogen-bond donors (Lipinski definition) is 4. The Balaban J connectivity index is 0.636. The highest BCUT2D eigenvalue weighted by atomic mass is 16.2. The zero-order valence-electron chi connectivity index (χ0n) is 32.0. The lowest BCUT2D eigenvalue weighted by Gasteiger charge is -2.31. The zero-order valence-corrected chi connectivity index (χ0v) is 32.0. The number of benzene rings is 3. The van der Waals surface area contributed by atoms with Gasteiger partial charge in [-0.1, -0.05) is 72.8 Å². The largest absolute Gasteiger partial charge is 0.335 e. The van der Waals surface area contributed by atoms with Crippen LogP contribution in [-0.4, -0.2) is 47.0 Å². The Bertz CT molecular complexity index is 1590. The maximum Gasteiger partial charge on any atom is 0.315 e. The van der Waals surface area contributed by atoms with E-state index >= 15 is 0 Å². The fourth-order valence-corrected chi connectivity index (χ4v) is 11.5. The summed E-state index contributed by atoms with van der Waals surface area (Å²) in [4.78, 5) is 31.2. The highest BCUT2D eigenvalue weighted by Crippen LogP contribution is 2.54. The molecule has 0 radical (unpaired) electrons. The van der Waals surface area contributed by atoms with Gasteiger partial charge in [-0.2, -0.15) is 0 Å². The number of amides is 4. The molecule has 0 spiro atoms. The second-order valence-electron chi connectivity index (χ2n) is 17.4. The molecule has 0 aromatic heterocycles. The highest BCUT2D eigenvalue weighted by molar-refractivity contribution is 5.74. The fourth-order valence-electron chi connectivity index (χ4n) is 11.5. The van der Waals surface area contributed by atoms with Crippen molar-refractivity contribution in [1.82, 2.24) is 31.1 Å². The lowest BCUT2D eigenvalue weighted by atomic mass is 9.84. The summed E-state index contributed by atoms with van der Waals surface area (Å²) in [5, 5.41) is 12.6. The highest BCUT2D eigenvalue weighted by Gasteiger charge is 2.44. The third-order valence-corrected chi connectivity index (χ3v) is 14.3. The molecule has 4 heterocycles. The lowest BCUT2D eigenvalue weighted by Crippen LogP contribution is -2.43. The van der Waals surface area contributed by atoms with E-state index in [1.807, 2.05) is 18.2 Å². The van der Waals surface area contributed by atoms with Crippen LogP contribution in [0.2, 0.25) is 0 Å². The summed E-state index contributed by atoms with van der Waals surface area (Å²) < 4.78 is 0. The molecule has 4 amide bonds. The minimum absolute atomic E-state index is 0.0868. The van der Waals surface area contributed by atoms with E-state index in [1.165, 1.54) is 77.3 Å². The number of fused-ring (bicyclic) bond motifs is 10. The van der Waals surface area contributed by atoms with Gasteiger partial charge in [0.05, 0.1) is 0 Å². The molecule has 54 heavy (non-hydrogen) atoms. The second kappa shape index (κ2) is 16.1. The summed E-state index contributed by atoms with van der Waals surface area (Å²) in [5.41, 5.74) is 8.37. The minimum Gasteiger partial charge on any atom is -0.335 e. The maximum absolute atomic E-state index is 12.8. The average Bonchev–Trinajstić information content (AvgIpc) is 3.97. The van der Waals surface area contributed by atoms with Crippen LogP contribution in [0.25, 0.3) is 0 Å². The van der Waals surface area contributed by atoms with Crippen LogP contribution >= 0.6 is 0 Å². The molecule has 2 saturated carbocycles. The van der Waals surface area contributed by atoms with E-state index < -0.39 is 0 Å². The SMILES string of the molecule is O=C(NCc1cccc(CNC(=O)NC2CCC(CCN3C4CCC3c3ccccc34)CC2)c1)NC1CCC(CCN2C3CCC2c2ccccc23)CC1. The second-order valence-corrected chi connectivity index (χ2v) is 17.4. The number of carbonyl (C=O) groups excluding carboxylic acids is 2. The molecule has 3 aromatic carbocycles. The van der Waals surface area contributed by atoms with E-state index in [2.05, 4.69) is 85.7 Å². The summed E-state index contributed by atoms with van der Waals surface area (Å²) in [6.45, 7) is 3.34. The fraction of sp³-hybridized carbons (Fsp3) is 0.565. The van der Waals surface area contributed by atoms with Crippen LogP contribution < -0.4 is 21.3 Å². The number of nitrogens with zero attached hydrogens (tertiary/aromatic N) is 2. The average molecular weight is 729 g/mol. The number of nitrogens with one attached hydrogen (secondary N) is 4. The van der Waals surface area contributed by atoms with Gasteiger partial charge in [0.1, 0.15) is 0 Å². The molecule has 8 heteroatoms. The van der Waals surface area contributed by atoms with Crippen LogP contribution in [0.15, 0.2) is 72.8 Å². The molecular formula is C46H60N6O2. The predicted molar refractivity (Wildman–Crippen MR) is 214 cm³/mol. The first-order chi connectivity index (χ1) is 26.6. The van der Waals surface area contributed by atoms with Gasteiger partial charge in [0.15, 0.2) is 0 Å². The molecule has 4 bridgehead atoms. The van der Waals surface area contributed by atoms with Crippen molar-refractivity contribution >= 4 is 12.1 Å². The van der Waals surface area contributed by atoms with Crippen molar-refractivity contribution in [1.29, 1.82) is 0 Å². The first kappa shape index (κ1) is 35.8. The molecule has 4 fully saturated rings. The summed E-state index contributed by atoms with van der Waals surface area (Å²) in [6.07, 6.45) is 16.8. The van der Waals surface area contributed by atoms with Gasteiger partial charge in [-0.15, -0.1) is 0 Å². The summed E-state index contributed by atoms with van der Waals surface area (Å²) >= 11 is 0. The number of rotatable bonds is 12. The van der Waals surface area contributed by atoms with Gasteiger partial charge >= 0.3 is 12.1 Å². The van der Waals surface area contributed by atoms with Crippen molar-refractivity contribution < 1.29 is 9.59 Å². The zero-order chi connectivity index (χ0) is 36.4. The molecule has 6 aliphatic rings. The molecule has 3 aromatic rings. The Morgan fingerprint density at radius 2 is 0.852 bits per heavy atom. The monoisotopic (exact) mass is 728 g/mol. The molecule has 4 N–H and O–H groups in total. The lowest BCUT2D eigenvalue weighted by molar-refractivity contribution is 0.185. The van der Waals surface area contributed by atoms with Gasteiger partial charge in [-0.25, -0.2) is 9.59 Å². The van der Waals surface area contributed by atoms with Gasteiger partial charge in [0, 0.05) is 49.3 Å². The number of hydrogen-bond acceptors (Lipinski definition) is 4. The van der Waals surface area contributed by atoms with Crippen molar-refractivity contribution in [2.75, 3.05) is 13.1 Å². The maximum atomic E-state index is 12.8. The van der Waals surface area contributed by atoms with Crippen LogP contribution in [0, 0.1) is 11.8 Å². The Hall–Kier alpha value is -3.88. The molecule has 2 aliphatic carbocycles. The van der Waals surface area contributed by atoms with Crippen LogP contribution in [0.4, 0.5) is 9.59 Å². The molecule has 4 aliphatic heterocycles. The topological polar surface area (TPSA) is 88.7 Å². The van der Waals surface area contributed by atoms with E-state index in [1.54, 1.807) is 22.3 Å². The summed E-state index contributed by atoms with van der Waals surface area (Å²) in [5.74, 6) is 1.51. The van der Waals surface area contributed by atoms with Crippen molar-refractivity contribution in [2.24, 2.45) is 11.8 Å². The van der Waals surface area contributed by atoms with Crippen molar-refractivity contribution in [2.45, 2.75) is 139 Å². The molecule has 9 rings (SSSR count). The van der Waals surface area contributed by atoms with E-state index in [-0.39, 0.29) is 24.1 Å². The van der Waals surface area contributed by atoms with Gasteiger partial charge < -0.3 is 21.3 Å². The van der Waals surface area contributed by atoms with Crippen molar-refractivity contribution in [3.8, 4) is 0 Å². The summed E-state index contributed by atoms with van der Waals surface area (Å²) in [7, 11) is 0. The number of urea groups is 2. The van der Waals surface area contributed by atoms with E-state index in [9.17, 15) is 9.59 Å². The smallest absolute Gasteiger partial charge is 0.315 e. The normalized spacial score (nSPS) is 29.8. The molecular weight excluding hydrogens is 669 g/mol. The minimum atomic E-state index is -0.0868. The van der Waals surface area contributed by atoms with Crippen molar-refractivity contribution in [3.63, 3.8) is 0 Å². The van der Waals surface area contributed by atoms with Gasteiger partial charge in [0.2, 0.25) is 0 Å². The molecule has 286 valence electrons. The van der Waals surface area contributed by atoms with Crippen LogP contribution in [0.3, 0.4) is 0 Å². The quantitative estimate of drug-likeness (QED) is 0.150. The van der Waals surface area contributed by atoms with Gasteiger partial charge in [-0.3, -0.25) is 9.80 Å². The van der Waals surface area contributed by atoms with Crippen LogP contribution in [0.5, 0.6) is 0 Å². The predicted octanol–water partition coefficient (Wildman–Crippen LogP) is 8.97. The summed E-state index contributed by atoms with van der Waals surface area (Å²) in [6, 6.07) is 29.2. The Morgan fingerprint density at radius 3 is 1.22 bits per heavy atom. The molecule has 4 atom stereocenters. The Labute approximate surface area is 322 Å². The first-order valence-electron chi connectivity index (χ1n) is 21.4. The molecule has 4 unspecified atom stereocenters. The van der Waals surface area contributed by atoms with Crippen molar-refractivity contribution in [3.05, 3.63) is 106 Å². The first-order valence-corrected chi connectivity index (χ1v) is 21.4. The molecule has 8 nitrogen and oxygen atoms in total. The number of carbonyl (C=O) groups is 2. The van der Waals surface area contributed by atoms with Crippen LogP contribution in [0.1, 0.15) is 147 Å². The Morgan fingerprint density at radius 1 is 0.481 bits per heavy atom. The van der Waals surface area contributed by atoms with E-state index in [0.717, 1.165) is 48.6 Å². The third kappa shape index (κ3) is 7.66. The van der Waals surface area contributed by atoms with Gasteiger partial charge in [-0.05, 0) is 148 Å². The van der Waals surface area contributed by atoms with E-state index in [0.29, 0.717) is 37.3 Å². The molecule has 2 saturated heterocycles. The third-order valence-electron chi connectivity index (χ3n) is 14.3.